The number of aliphatic carboxylic acids is 1. The van der Waals surface area contributed by atoms with Gasteiger partial charge < -0.3 is 39.4 Å². The molecule has 0 aromatic carbocycles. The van der Waals surface area contributed by atoms with Crippen molar-refractivity contribution in [2.24, 2.45) is 5.92 Å². The summed E-state index contributed by atoms with van der Waals surface area (Å²) in [7, 11) is 0. The van der Waals surface area contributed by atoms with Gasteiger partial charge in [-0.15, -0.1) is 0 Å². The Balaban J connectivity index is 1.21. The summed E-state index contributed by atoms with van der Waals surface area (Å²) < 4.78 is 23.1. The maximum Gasteiger partial charge on any atom is 0.410 e. The SMILES string of the molecule is CC(C=C[C@H]1O[C@H](CC(=O)O)C[C@@]2(CO2)[C@@H]1O)=CC[C@@H]1O[C@H](C)[C@H](NC(=O)C=C[C@H](C)OC(=O)N2CCCCC2)C[C@@H]1C. The number of amides is 2. The first-order valence-corrected chi connectivity index (χ1v) is 15.6. The minimum atomic E-state index is -0.939. The quantitative estimate of drug-likeness (QED) is 0.194. The molecule has 0 aromatic heterocycles. The first-order chi connectivity index (χ1) is 20.5. The molecule has 1 spiro atoms. The van der Waals surface area contributed by atoms with E-state index >= 15 is 0 Å². The molecule has 4 saturated heterocycles. The smallest absolute Gasteiger partial charge is 0.410 e. The molecule has 4 rings (SSSR count). The average molecular weight is 605 g/mol. The lowest BCUT2D eigenvalue weighted by atomic mass is 9.87. The number of hydrogen-bond acceptors (Lipinski definition) is 8. The monoisotopic (exact) mass is 604 g/mol. The van der Waals surface area contributed by atoms with Gasteiger partial charge in [0.25, 0.3) is 0 Å². The van der Waals surface area contributed by atoms with E-state index in [0.29, 0.717) is 32.5 Å². The number of nitrogens with one attached hydrogen (secondary N) is 1. The first-order valence-electron chi connectivity index (χ1n) is 15.6. The van der Waals surface area contributed by atoms with Gasteiger partial charge >= 0.3 is 12.1 Å². The van der Waals surface area contributed by atoms with Gasteiger partial charge in [-0.25, -0.2) is 4.79 Å². The molecule has 0 bridgehead atoms. The molecule has 4 fully saturated rings. The standard InChI is InChI=1S/C32H48N2O9/c1-20(9-12-27-30(38)32(19-40-32)18-24(43-27)17-29(36)37)8-11-26-21(2)16-25(23(4)42-26)33-28(35)13-10-22(3)41-31(39)34-14-6-5-7-15-34/h8-10,12-13,21-27,30,38H,5-7,11,14-19H2,1-4H3,(H,33,35)(H,36,37)/t21-,22-,23+,24+,25+,26-,27+,30+,32+/m0/s1. The van der Waals surface area contributed by atoms with Crippen molar-refractivity contribution in [1.29, 1.82) is 0 Å². The van der Waals surface area contributed by atoms with Crippen LogP contribution in [-0.2, 0) is 28.5 Å². The molecular weight excluding hydrogens is 556 g/mol. The van der Waals surface area contributed by atoms with Crippen molar-refractivity contribution in [3.05, 3.63) is 36.0 Å². The van der Waals surface area contributed by atoms with Crippen LogP contribution in [0.4, 0.5) is 4.79 Å². The number of carboxylic acids is 1. The summed E-state index contributed by atoms with van der Waals surface area (Å²) in [5.41, 5.74) is 0.271. The van der Waals surface area contributed by atoms with Crippen LogP contribution in [0.5, 0.6) is 0 Å². The third-order valence-electron chi connectivity index (χ3n) is 8.88. The number of aliphatic hydroxyl groups is 1. The zero-order valence-corrected chi connectivity index (χ0v) is 25.8. The van der Waals surface area contributed by atoms with E-state index in [9.17, 15) is 19.5 Å². The molecule has 43 heavy (non-hydrogen) atoms. The molecule has 0 aromatic rings. The van der Waals surface area contributed by atoms with E-state index in [1.807, 2.05) is 19.9 Å². The molecule has 3 N–H and O–H groups in total. The Morgan fingerprint density at radius 3 is 2.53 bits per heavy atom. The van der Waals surface area contributed by atoms with Gasteiger partial charge in [0, 0.05) is 25.6 Å². The zero-order valence-electron chi connectivity index (χ0n) is 25.8. The van der Waals surface area contributed by atoms with Gasteiger partial charge in [0.15, 0.2) is 0 Å². The number of hydrogen-bond donors (Lipinski definition) is 3. The Labute approximate surface area is 254 Å². The van der Waals surface area contributed by atoms with Crippen LogP contribution in [-0.4, -0.2) is 101 Å². The van der Waals surface area contributed by atoms with Crippen molar-refractivity contribution in [3.63, 3.8) is 0 Å². The summed E-state index contributed by atoms with van der Waals surface area (Å²) in [6.07, 6.45) is 10.5. The van der Waals surface area contributed by atoms with Gasteiger partial charge in [0.05, 0.1) is 37.4 Å². The Morgan fingerprint density at radius 1 is 1.14 bits per heavy atom. The fraction of sp³-hybridized carbons (Fsp3) is 0.719. The van der Waals surface area contributed by atoms with E-state index in [-0.39, 0.29) is 42.6 Å². The Kier molecular flexibility index (Phi) is 11.4. The summed E-state index contributed by atoms with van der Waals surface area (Å²) >= 11 is 0. The second-order valence-electron chi connectivity index (χ2n) is 12.6. The van der Waals surface area contributed by atoms with Crippen molar-refractivity contribution in [3.8, 4) is 0 Å². The third-order valence-corrected chi connectivity index (χ3v) is 8.88. The van der Waals surface area contributed by atoms with Crippen LogP contribution >= 0.6 is 0 Å². The zero-order chi connectivity index (χ0) is 31.1. The lowest BCUT2D eigenvalue weighted by molar-refractivity contribution is -0.155. The predicted octanol–water partition coefficient (Wildman–Crippen LogP) is 3.51. The summed E-state index contributed by atoms with van der Waals surface area (Å²) in [4.78, 5) is 37.8. The molecule has 4 aliphatic heterocycles. The molecule has 11 heteroatoms. The number of rotatable bonds is 10. The molecule has 0 saturated carbocycles. The van der Waals surface area contributed by atoms with Crippen molar-refractivity contribution < 1.29 is 43.5 Å². The first kappa shape index (κ1) is 33.2. The fourth-order valence-corrected chi connectivity index (χ4v) is 6.13. The van der Waals surface area contributed by atoms with Gasteiger partial charge in [-0.3, -0.25) is 9.59 Å². The maximum atomic E-state index is 12.6. The van der Waals surface area contributed by atoms with E-state index in [2.05, 4.69) is 18.3 Å². The van der Waals surface area contributed by atoms with Crippen LogP contribution in [0.1, 0.15) is 72.6 Å². The predicted molar refractivity (Wildman–Crippen MR) is 158 cm³/mol. The number of likely N-dealkylation sites (tertiary alicyclic amines) is 1. The number of allylic oxidation sites excluding steroid dienone is 2. The molecule has 4 aliphatic rings. The van der Waals surface area contributed by atoms with E-state index in [4.69, 9.17) is 24.1 Å². The van der Waals surface area contributed by atoms with Gasteiger partial charge in [0.2, 0.25) is 5.91 Å². The topological polar surface area (TPSA) is 147 Å². The number of carboxylic acid groups (broad SMARTS) is 1. The van der Waals surface area contributed by atoms with E-state index in [1.54, 1.807) is 24.0 Å². The highest BCUT2D eigenvalue weighted by Gasteiger charge is 2.58. The normalized spacial score (nSPS) is 35.7. The van der Waals surface area contributed by atoms with Gasteiger partial charge in [-0.2, -0.15) is 0 Å². The minimum Gasteiger partial charge on any atom is -0.481 e. The Bertz CT molecular complexity index is 1080. The largest absolute Gasteiger partial charge is 0.481 e. The number of carbonyl (C=O) groups excluding carboxylic acids is 2. The van der Waals surface area contributed by atoms with Crippen LogP contribution < -0.4 is 5.32 Å². The van der Waals surface area contributed by atoms with Crippen LogP contribution in [0, 0.1) is 5.92 Å². The van der Waals surface area contributed by atoms with Crippen LogP contribution in [0.25, 0.3) is 0 Å². The second kappa shape index (κ2) is 14.8. The van der Waals surface area contributed by atoms with Crippen molar-refractivity contribution >= 4 is 18.0 Å². The van der Waals surface area contributed by atoms with Crippen molar-refractivity contribution in [2.45, 2.75) is 121 Å². The number of nitrogens with zero attached hydrogens (tertiary/aromatic N) is 1. The average Bonchev–Trinajstić information content (AvgIpc) is 3.74. The molecular formula is C32H48N2O9. The number of aliphatic hydroxyl groups excluding tert-OH is 1. The fourth-order valence-electron chi connectivity index (χ4n) is 6.13. The minimum absolute atomic E-state index is 0.0177. The molecule has 0 unspecified atom stereocenters. The van der Waals surface area contributed by atoms with E-state index < -0.39 is 36.0 Å². The highest BCUT2D eigenvalue weighted by atomic mass is 16.6. The molecule has 0 aliphatic carbocycles. The van der Waals surface area contributed by atoms with E-state index in [1.165, 1.54) is 6.08 Å². The summed E-state index contributed by atoms with van der Waals surface area (Å²) in [5.74, 6) is -0.982. The van der Waals surface area contributed by atoms with E-state index in [0.717, 1.165) is 31.3 Å². The summed E-state index contributed by atoms with van der Waals surface area (Å²) in [6.45, 7) is 9.61. The highest BCUT2D eigenvalue weighted by molar-refractivity contribution is 5.87. The number of ether oxygens (including phenoxy) is 4. The second-order valence-corrected chi connectivity index (χ2v) is 12.6. The molecule has 0 radical (unpaired) electrons. The lowest BCUT2D eigenvalue weighted by Crippen LogP contribution is -2.50. The van der Waals surface area contributed by atoms with Gasteiger partial charge in [-0.1, -0.05) is 30.7 Å². The number of carbonyl (C=O) groups is 3. The summed E-state index contributed by atoms with van der Waals surface area (Å²) in [6, 6.07) is -0.139. The van der Waals surface area contributed by atoms with Crippen LogP contribution in [0.2, 0.25) is 0 Å². The summed E-state index contributed by atoms with van der Waals surface area (Å²) in [5, 5.41) is 22.9. The van der Waals surface area contributed by atoms with Crippen LogP contribution in [0.3, 0.4) is 0 Å². The maximum absolute atomic E-state index is 12.6. The van der Waals surface area contributed by atoms with Gasteiger partial charge in [0.1, 0.15) is 23.9 Å². The van der Waals surface area contributed by atoms with Crippen LogP contribution in [0.15, 0.2) is 36.0 Å². The Hall–Kier alpha value is -2.73. The molecule has 11 nitrogen and oxygen atoms in total. The van der Waals surface area contributed by atoms with Crippen molar-refractivity contribution in [1.82, 2.24) is 10.2 Å². The highest BCUT2D eigenvalue weighted by Crippen LogP contribution is 2.43. The van der Waals surface area contributed by atoms with Gasteiger partial charge in [-0.05, 0) is 64.9 Å². The number of epoxide rings is 1. The lowest BCUT2D eigenvalue weighted by Gasteiger charge is -2.39. The Morgan fingerprint density at radius 2 is 1.86 bits per heavy atom. The third kappa shape index (κ3) is 9.38. The molecule has 4 heterocycles. The van der Waals surface area contributed by atoms with Crippen molar-refractivity contribution in [2.75, 3.05) is 19.7 Å². The molecule has 9 atom stereocenters. The molecule has 2 amide bonds. The number of piperidine rings is 1. The molecule has 240 valence electrons.